The van der Waals surface area contributed by atoms with E-state index in [0.717, 1.165) is 36.7 Å². The number of benzene rings is 1. The molecule has 4 bridgehead atoms. The number of hydrogen-bond acceptors (Lipinski definition) is 4. The Bertz CT molecular complexity index is 1140. The molecule has 6 heteroatoms. The molecule has 4 aliphatic rings. The molecule has 1 aromatic heterocycles. The van der Waals surface area contributed by atoms with Crippen molar-refractivity contribution in [2.75, 3.05) is 0 Å². The van der Waals surface area contributed by atoms with Crippen LogP contribution in [0.5, 0.6) is 0 Å². The lowest BCUT2D eigenvalue weighted by molar-refractivity contribution is -0.175. The number of hydrogen-bond donors (Lipinski definition) is 0. The average Bonchev–Trinajstić information content (AvgIpc) is 2.73. The standard InChI is InChI=1S/C25H30N2O4/c1-16-4-6-19(7-5-16)24-10-17-8-18(11-24)13-25(12-17,15-24)22(29)31-14-20-9-21(28)27(3)23(30)26(20)2/h4-7,9,17-18H,8,10-15H2,1-3H3. The molecule has 1 heterocycles. The lowest BCUT2D eigenvalue weighted by Gasteiger charge is -2.61. The normalized spacial score (nSPS) is 31.1. The molecule has 4 aliphatic carbocycles. The quantitative estimate of drug-likeness (QED) is 0.711. The summed E-state index contributed by atoms with van der Waals surface area (Å²) in [6, 6.07) is 10.2. The summed E-state index contributed by atoms with van der Waals surface area (Å²) in [6.45, 7) is 2.06. The van der Waals surface area contributed by atoms with Crippen LogP contribution in [-0.2, 0) is 35.6 Å². The van der Waals surface area contributed by atoms with Gasteiger partial charge in [0.15, 0.2) is 0 Å². The Labute approximate surface area is 181 Å². The number of nitrogens with zero attached hydrogens (tertiary/aromatic N) is 2. The number of carbonyl (C=O) groups is 1. The second-order valence-electron chi connectivity index (χ2n) is 10.3. The Kier molecular flexibility index (Phi) is 4.54. The summed E-state index contributed by atoms with van der Waals surface area (Å²) in [6.07, 6.45) is 6.16. The van der Waals surface area contributed by atoms with E-state index in [0.29, 0.717) is 17.5 Å². The number of aromatic nitrogens is 2. The number of rotatable bonds is 4. The summed E-state index contributed by atoms with van der Waals surface area (Å²) in [5.41, 5.74) is 1.86. The van der Waals surface area contributed by atoms with Crippen molar-refractivity contribution < 1.29 is 9.53 Å². The van der Waals surface area contributed by atoms with Crippen molar-refractivity contribution in [3.63, 3.8) is 0 Å². The predicted molar refractivity (Wildman–Crippen MR) is 117 cm³/mol. The van der Waals surface area contributed by atoms with E-state index in [-0.39, 0.29) is 23.6 Å². The summed E-state index contributed by atoms with van der Waals surface area (Å²) in [7, 11) is 3.04. The van der Waals surface area contributed by atoms with Gasteiger partial charge < -0.3 is 4.74 Å². The molecule has 0 N–H and O–H groups in total. The molecule has 0 spiro atoms. The van der Waals surface area contributed by atoms with Crippen LogP contribution in [0.4, 0.5) is 0 Å². The fraction of sp³-hybridized carbons (Fsp3) is 0.560. The molecule has 0 amide bonds. The molecule has 4 saturated carbocycles. The summed E-state index contributed by atoms with van der Waals surface area (Å²) < 4.78 is 8.23. The number of aryl methyl sites for hydroxylation is 1. The zero-order chi connectivity index (χ0) is 22.0. The first kappa shape index (κ1) is 20.3. The van der Waals surface area contributed by atoms with Crippen molar-refractivity contribution in [3.8, 4) is 0 Å². The highest BCUT2D eigenvalue weighted by molar-refractivity contribution is 5.78. The van der Waals surface area contributed by atoms with Crippen LogP contribution in [0.2, 0.25) is 0 Å². The van der Waals surface area contributed by atoms with Crippen LogP contribution in [0.25, 0.3) is 0 Å². The van der Waals surface area contributed by atoms with Gasteiger partial charge in [0.25, 0.3) is 5.56 Å². The highest BCUT2D eigenvalue weighted by Crippen LogP contribution is 2.66. The molecule has 31 heavy (non-hydrogen) atoms. The fourth-order valence-corrected chi connectivity index (χ4v) is 6.96. The van der Waals surface area contributed by atoms with Crippen molar-refractivity contribution in [2.24, 2.45) is 31.3 Å². The van der Waals surface area contributed by atoms with Gasteiger partial charge in [0, 0.05) is 20.2 Å². The van der Waals surface area contributed by atoms with Crippen molar-refractivity contribution >= 4 is 5.97 Å². The van der Waals surface area contributed by atoms with Gasteiger partial charge in [-0.15, -0.1) is 0 Å². The predicted octanol–water partition coefficient (Wildman–Crippen LogP) is 2.97. The van der Waals surface area contributed by atoms with E-state index < -0.39 is 11.1 Å². The molecular weight excluding hydrogens is 392 g/mol. The van der Waals surface area contributed by atoms with Crippen LogP contribution in [0.1, 0.15) is 55.3 Å². The van der Waals surface area contributed by atoms with E-state index >= 15 is 0 Å². The summed E-state index contributed by atoms with van der Waals surface area (Å²) in [5, 5.41) is 0. The molecule has 0 saturated heterocycles. The van der Waals surface area contributed by atoms with Gasteiger partial charge in [-0.05, 0) is 68.3 Å². The van der Waals surface area contributed by atoms with Crippen molar-refractivity contribution in [2.45, 2.75) is 57.5 Å². The average molecular weight is 423 g/mol. The molecule has 6 nitrogen and oxygen atoms in total. The van der Waals surface area contributed by atoms with E-state index in [4.69, 9.17) is 4.74 Å². The van der Waals surface area contributed by atoms with Gasteiger partial charge in [-0.3, -0.25) is 18.7 Å². The van der Waals surface area contributed by atoms with Crippen LogP contribution < -0.4 is 11.2 Å². The molecule has 2 unspecified atom stereocenters. The second kappa shape index (κ2) is 6.94. The summed E-state index contributed by atoms with van der Waals surface area (Å²) in [5.74, 6) is 0.957. The highest BCUT2D eigenvalue weighted by atomic mass is 16.5. The molecular formula is C25H30N2O4. The Balaban J connectivity index is 1.41. The molecule has 0 radical (unpaired) electrons. The highest BCUT2D eigenvalue weighted by Gasteiger charge is 2.61. The van der Waals surface area contributed by atoms with Crippen molar-refractivity contribution in [1.29, 1.82) is 0 Å². The zero-order valence-corrected chi connectivity index (χ0v) is 18.5. The van der Waals surface area contributed by atoms with E-state index in [9.17, 15) is 14.4 Å². The van der Waals surface area contributed by atoms with Crippen LogP contribution >= 0.6 is 0 Å². The van der Waals surface area contributed by atoms with Gasteiger partial charge >= 0.3 is 11.7 Å². The number of esters is 1. The molecule has 0 aliphatic heterocycles. The van der Waals surface area contributed by atoms with Gasteiger partial charge in [-0.2, -0.15) is 0 Å². The van der Waals surface area contributed by atoms with E-state index in [1.165, 1.54) is 35.2 Å². The lowest BCUT2D eigenvalue weighted by Crippen LogP contribution is -2.57. The third kappa shape index (κ3) is 3.19. The van der Waals surface area contributed by atoms with Crippen LogP contribution in [0, 0.1) is 24.2 Å². The van der Waals surface area contributed by atoms with Gasteiger partial charge in [0.2, 0.25) is 0 Å². The Morgan fingerprint density at radius 3 is 2.32 bits per heavy atom. The first-order valence-electron chi connectivity index (χ1n) is 11.2. The maximum absolute atomic E-state index is 13.5. The monoisotopic (exact) mass is 422 g/mol. The van der Waals surface area contributed by atoms with Gasteiger partial charge in [-0.1, -0.05) is 29.8 Å². The van der Waals surface area contributed by atoms with Crippen LogP contribution in [-0.4, -0.2) is 15.1 Å². The third-order valence-corrected chi connectivity index (χ3v) is 8.13. The molecule has 1 aromatic carbocycles. The maximum Gasteiger partial charge on any atom is 0.330 e. The molecule has 2 aromatic rings. The fourth-order valence-electron chi connectivity index (χ4n) is 6.96. The van der Waals surface area contributed by atoms with Gasteiger partial charge in [0.1, 0.15) is 6.61 Å². The van der Waals surface area contributed by atoms with E-state index in [2.05, 4.69) is 31.2 Å². The first-order valence-corrected chi connectivity index (χ1v) is 11.2. The third-order valence-electron chi connectivity index (χ3n) is 8.13. The van der Waals surface area contributed by atoms with E-state index in [1.807, 2.05) is 0 Å². The van der Waals surface area contributed by atoms with Crippen molar-refractivity contribution in [1.82, 2.24) is 9.13 Å². The molecule has 2 atom stereocenters. The summed E-state index contributed by atoms with van der Waals surface area (Å²) in [4.78, 5) is 37.6. The summed E-state index contributed by atoms with van der Waals surface area (Å²) >= 11 is 0. The minimum atomic E-state index is -0.451. The first-order chi connectivity index (χ1) is 14.7. The van der Waals surface area contributed by atoms with E-state index in [1.54, 1.807) is 7.05 Å². The maximum atomic E-state index is 13.5. The topological polar surface area (TPSA) is 70.3 Å². The van der Waals surface area contributed by atoms with Crippen LogP contribution in [0.15, 0.2) is 39.9 Å². The van der Waals surface area contributed by atoms with Crippen LogP contribution in [0.3, 0.4) is 0 Å². The largest absolute Gasteiger partial charge is 0.459 e. The molecule has 4 fully saturated rings. The Morgan fingerprint density at radius 1 is 1.03 bits per heavy atom. The lowest BCUT2D eigenvalue weighted by atomic mass is 9.43. The minimum absolute atomic E-state index is 0.0464. The minimum Gasteiger partial charge on any atom is -0.459 e. The zero-order valence-electron chi connectivity index (χ0n) is 18.5. The second-order valence-corrected chi connectivity index (χ2v) is 10.3. The number of ether oxygens (including phenoxy) is 1. The van der Waals surface area contributed by atoms with Crippen molar-refractivity contribution in [3.05, 3.63) is 68.0 Å². The Morgan fingerprint density at radius 2 is 1.68 bits per heavy atom. The SMILES string of the molecule is Cc1ccc(C23CC4CC(CC(C(=O)OCc5cc(=O)n(C)c(=O)n5C)(C4)C2)C3)cc1. The van der Waals surface area contributed by atoms with Gasteiger partial charge in [-0.25, -0.2) is 4.79 Å². The smallest absolute Gasteiger partial charge is 0.330 e. The number of carbonyl (C=O) groups excluding carboxylic acids is 1. The Hall–Kier alpha value is -2.63. The molecule has 6 rings (SSSR count). The van der Waals surface area contributed by atoms with Gasteiger partial charge in [0.05, 0.1) is 11.1 Å². The molecule has 164 valence electrons.